The maximum Gasteiger partial charge on any atom is 0.335 e. The molecule has 0 aliphatic carbocycles. The average molecular weight is 267 g/mol. The molecule has 3 heteroatoms. The molecule has 0 aromatic heterocycles. The van der Waals surface area contributed by atoms with Crippen LogP contribution < -0.4 is 4.90 Å². The summed E-state index contributed by atoms with van der Waals surface area (Å²) >= 11 is 0. The predicted molar refractivity (Wildman–Crippen MR) is 79.8 cm³/mol. The summed E-state index contributed by atoms with van der Waals surface area (Å²) in [5.41, 5.74) is 3.96. The lowest BCUT2D eigenvalue weighted by atomic mass is 9.96. The molecule has 2 aromatic carbocycles. The SMILES string of the molecule is CC1CCc2ccccc2N1c1ccc(C(=O)O)cc1. The Labute approximate surface area is 118 Å². The summed E-state index contributed by atoms with van der Waals surface area (Å²) in [6.45, 7) is 2.21. The second kappa shape index (κ2) is 5.00. The maximum absolute atomic E-state index is 10.9. The smallest absolute Gasteiger partial charge is 0.335 e. The van der Waals surface area contributed by atoms with Gasteiger partial charge in [0, 0.05) is 17.4 Å². The molecule has 0 saturated carbocycles. The Morgan fingerprint density at radius 3 is 2.55 bits per heavy atom. The van der Waals surface area contributed by atoms with Gasteiger partial charge in [0.15, 0.2) is 0 Å². The number of hydrogen-bond donors (Lipinski definition) is 1. The predicted octanol–water partition coefficient (Wildman–Crippen LogP) is 3.86. The van der Waals surface area contributed by atoms with Crippen molar-refractivity contribution in [1.29, 1.82) is 0 Å². The molecule has 1 aliphatic rings. The molecule has 1 N–H and O–H groups in total. The van der Waals surface area contributed by atoms with Crippen LogP contribution in [0.15, 0.2) is 48.5 Å². The lowest BCUT2D eigenvalue weighted by Gasteiger charge is -2.37. The zero-order valence-corrected chi connectivity index (χ0v) is 11.4. The zero-order chi connectivity index (χ0) is 14.1. The van der Waals surface area contributed by atoms with E-state index < -0.39 is 5.97 Å². The van der Waals surface area contributed by atoms with Crippen LogP contribution in [0.2, 0.25) is 0 Å². The molecular weight excluding hydrogens is 250 g/mol. The Kier molecular flexibility index (Phi) is 3.18. The summed E-state index contributed by atoms with van der Waals surface area (Å²) in [5.74, 6) is -0.886. The summed E-state index contributed by atoms with van der Waals surface area (Å²) in [7, 11) is 0. The van der Waals surface area contributed by atoms with Gasteiger partial charge in [-0.15, -0.1) is 0 Å². The van der Waals surface area contributed by atoms with Gasteiger partial charge in [0.25, 0.3) is 0 Å². The van der Waals surface area contributed by atoms with Crippen LogP contribution in [-0.4, -0.2) is 17.1 Å². The Balaban J connectivity index is 2.02. The quantitative estimate of drug-likeness (QED) is 0.898. The third-order valence-corrected chi connectivity index (χ3v) is 3.92. The van der Waals surface area contributed by atoms with E-state index in [1.165, 1.54) is 11.3 Å². The summed E-state index contributed by atoms with van der Waals surface area (Å²) < 4.78 is 0. The molecule has 2 aromatic rings. The van der Waals surface area contributed by atoms with E-state index in [4.69, 9.17) is 5.11 Å². The average Bonchev–Trinajstić information content (AvgIpc) is 2.47. The number of benzene rings is 2. The number of rotatable bonds is 2. The minimum Gasteiger partial charge on any atom is -0.478 e. The van der Waals surface area contributed by atoms with Gasteiger partial charge < -0.3 is 10.0 Å². The van der Waals surface area contributed by atoms with Crippen molar-refractivity contribution in [3.05, 3.63) is 59.7 Å². The summed E-state index contributed by atoms with van der Waals surface area (Å²) in [5, 5.41) is 8.98. The number of carboxylic acids is 1. The number of para-hydroxylation sites is 1. The maximum atomic E-state index is 10.9. The van der Waals surface area contributed by atoms with E-state index in [0.29, 0.717) is 11.6 Å². The molecule has 1 unspecified atom stereocenters. The Hall–Kier alpha value is -2.29. The molecule has 3 rings (SSSR count). The van der Waals surface area contributed by atoms with Gasteiger partial charge in [-0.3, -0.25) is 0 Å². The van der Waals surface area contributed by atoms with Crippen molar-refractivity contribution in [2.75, 3.05) is 4.90 Å². The highest BCUT2D eigenvalue weighted by Crippen LogP contribution is 2.36. The number of aromatic carboxylic acids is 1. The highest BCUT2D eigenvalue weighted by atomic mass is 16.4. The molecule has 3 nitrogen and oxygen atoms in total. The lowest BCUT2D eigenvalue weighted by Crippen LogP contribution is -2.33. The van der Waals surface area contributed by atoms with Crippen LogP contribution in [0.3, 0.4) is 0 Å². The highest BCUT2D eigenvalue weighted by Gasteiger charge is 2.23. The Bertz CT molecular complexity index is 634. The molecule has 1 atom stereocenters. The second-order valence-corrected chi connectivity index (χ2v) is 5.24. The van der Waals surface area contributed by atoms with E-state index in [0.717, 1.165) is 18.5 Å². The first kappa shape index (κ1) is 12.7. The molecular formula is C17H17NO2. The van der Waals surface area contributed by atoms with Crippen molar-refractivity contribution < 1.29 is 9.90 Å². The monoisotopic (exact) mass is 267 g/mol. The molecule has 1 aliphatic heterocycles. The third-order valence-electron chi connectivity index (χ3n) is 3.92. The van der Waals surface area contributed by atoms with Gasteiger partial charge in [0.05, 0.1) is 5.56 Å². The van der Waals surface area contributed by atoms with Crippen molar-refractivity contribution in [2.45, 2.75) is 25.8 Å². The second-order valence-electron chi connectivity index (χ2n) is 5.24. The number of carboxylic acid groups (broad SMARTS) is 1. The minimum atomic E-state index is -0.886. The number of carbonyl (C=O) groups is 1. The molecule has 0 radical (unpaired) electrons. The van der Waals surface area contributed by atoms with Crippen LogP contribution >= 0.6 is 0 Å². The lowest BCUT2D eigenvalue weighted by molar-refractivity contribution is 0.0697. The normalized spacial score (nSPS) is 17.6. The van der Waals surface area contributed by atoms with E-state index >= 15 is 0 Å². The fraction of sp³-hybridized carbons (Fsp3) is 0.235. The Morgan fingerprint density at radius 2 is 1.85 bits per heavy atom. The molecule has 0 fully saturated rings. The highest BCUT2D eigenvalue weighted by molar-refractivity contribution is 5.88. The van der Waals surface area contributed by atoms with E-state index in [-0.39, 0.29) is 0 Å². The number of aryl methyl sites for hydroxylation is 1. The molecule has 102 valence electrons. The van der Waals surface area contributed by atoms with Crippen molar-refractivity contribution in [2.24, 2.45) is 0 Å². The fourth-order valence-corrected chi connectivity index (χ4v) is 2.85. The third kappa shape index (κ3) is 2.16. The van der Waals surface area contributed by atoms with E-state index in [2.05, 4.69) is 36.1 Å². The largest absolute Gasteiger partial charge is 0.478 e. The van der Waals surface area contributed by atoms with Crippen LogP contribution in [0.4, 0.5) is 11.4 Å². The zero-order valence-electron chi connectivity index (χ0n) is 11.4. The van der Waals surface area contributed by atoms with E-state index in [9.17, 15) is 4.79 Å². The molecule has 0 amide bonds. The van der Waals surface area contributed by atoms with Crippen LogP contribution in [0.1, 0.15) is 29.3 Å². The van der Waals surface area contributed by atoms with E-state index in [1.54, 1.807) is 12.1 Å². The van der Waals surface area contributed by atoms with Gasteiger partial charge in [-0.1, -0.05) is 18.2 Å². The van der Waals surface area contributed by atoms with Gasteiger partial charge in [0.1, 0.15) is 0 Å². The van der Waals surface area contributed by atoms with Gasteiger partial charge in [-0.25, -0.2) is 4.79 Å². The molecule has 0 spiro atoms. The van der Waals surface area contributed by atoms with Crippen molar-refractivity contribution in [3.8, 4) is 0 Å². The molecule has 0 saturated heterocycles. The number of nitrogens with zero attached hydrogens (tertiary/aromatic N) is 1. The minimum absolute atomic E-state index is 0.326. The molecule has 1 heterocycles. The number of anilines is 2. The van der Waals surface area contributed by atoms with Gasteiger partial charge >= 0.3 is 5.97 Å². The van der Waals surface area contributed by atoms with Crippen molar-refractivity contribution in [1.82, 2.24) is 0 Å². The first-order chi connectivity index (χ1) is 9.66. The number of hydrogen-bond acceptors (Lipinski definition) is 2. The van der Waals surface area contributed by atoms with Gasteiger partial charge in [-0.2, -0.15) is 0 Å². The first-order valence-electron chi connectivity index (χ1n) is 6.87. The summed E-state index contributed by atoms with van der Waals surface area (Å²) in [6, 6.07) is 16.0. The van der Waals surface area contributed by atoms with Crippen LogP contribution in [-0.2, 0) is 6.42 Å². The Morgan fingerprint density at radius 1 is 1.15 bits per heavy atom. The molecule has 0 bridgehead atoms. The fourth-order valence-electron chi connectivity index (χ4n) is 2.85. The van der Waals surface area contributed by atoms with Crippen LogP contribution in [0.5, 0.6) is 0 Å². The van der Waals surface area contributed by atoms with Gasteiger partial charge in [0.2, 0.25) is 0 Å². The van der Waals surface area contributed by atoms with Crippen LogP contribution in [0, 0.1) is 0 Å². The van der Waals surface area contributed by atoms with Gasteiger partial charge in [-0.05, 0) is 55.7 Å². The van der Waals surface area contributed by atoms with E-state index in [1.807, 2.05) is 12.1 Å². The molecule has 20 heavy (non-hydrogen) atoms. The standard InChI is InChI=1S/C17H17NO2/c1-12-6-7-13-4-2-3-5-16(13)18(12)15-10-8-14(9-11-15)17(19)20/h2-5,8-12H,6-7H2,1H3,(H,19,20). The topological polar surface area (TPSA) is 40.5 Å². The van der Waals surface area contributed by atoms with Crippen molar-refractivity contribution >= 4 is 17.3 Å². The number of fused-ring (bicyclic) bond motifs is 1. The first-order valence-corrected chi connectivity index (χ1v) is 6.87. The summed E-state index contributed by atoms with van der Waals surface area (Å²) in [6.07, 6.45) is 2.21. The van der Waals surface area contributed by atoms with Crippen molar-refractivity contribution in [3.63, 3.8) is 0 Å². The summed E-state index contributed by atoms with van der Waals surface area (Å²) in [4.78, 5) is 13.2. The van der Waals surface area contributed by atoms with Crippen LogP contribution in [0.25, 0.3) is 0 Å².